The maximum atomic E-state index is 12.8. The number of carbonyl (C=O) groups is 1. The van der Waals surface area contributed by atoms with Gasteiger partial charge in [-0.2, -0.15) is 0 Å². The molecular formula is C58H119N2O6P. The molecule has 9 heteroatoms. The number of likely N-dealkylation sites (N-methyl/N-ethyl adjacent to an activating group) is 1. The summed E-state index contributed by atoms with van der Waals surface area (Å²) < 4.78 is 23.1. The summed E-state index contributed by atoms with van der Waals surface area (Å²) in [7, 11) is 1.32. The standard InChI is InChI=1S/C58H119N2O6P/c1-6-8-10-12-13-14-15-16-17-18-19-20-21-22-23-24-25-26-27-28-29-30-31-32-33-34-35-36-37-38-39-40-41-42-43-44-45-46-48-50-52-58(62)59-56(57(61)51-49-47-11-9-7-2)55-66-67(63,64)65-54-53-60(3,4)5/h56-57,61H,6-55H2,1-5H3,(H-,59,62,63,64). The van der Waals surface area contributed by atoms with Crippen molar-refractivity contribution in [2.24, 2.45) is 0 Å². The lowest BCUT2D eigenvalue weighted by Crippen LogP contribution is -2.46. The first-order valence-corrected chi connectivity index (χ1v) is 31.3. The second-order valence-electron chi connectivity index (χ2n) is 22.1. The summed E-state index contributed by atoms with van der Waals surface area (Å²) >= 11 is 0. The highest BCUT2D eigenvalue weighted by Crippen LogP contribution is 2.38. The lowest BCUT2D eigenvalue weighted by molar-refractivity contribution is -0.870. The van der Waals surface area contributed by atoms with Gasteiger partial charge in [0.15, 0.2) is 0 Å². The molecule has 0 aliphatic rings. The number of aliphatic hydroxyl groups is 1. The highest BCUT2D eigenvalue weighted by molar-refractivity contribution is 7.45. The topological polar surface area (TPSA) is 108 Å². The first-order chi connectivity index (χ1) is 32.5. The average Bonchev–Trinajstić information content (AvgIpc) is 3.29. The van der Waals surface area contributed by atoms with Crippen LogP contribution in [-0.2, 0) is 18.4 Å². The fourth-order valence-electron chi connectivity index (χ4n) is 9.40. The fraction of sp³-hybridized carbons (Fsp3) is 0.983. The molecule has 0 spiro atoms. The average molecular weight is 972 g/mol. The Morgan fingerprint density at radius 1 is 0.463 bits per heavy atom. The van der Waals surface area contributed by atoms with Gasteiger partial charge in [-0.15, -0.1) is 0 Å². The summed E-state index contributed by atoms with van der Waals surface area (Å²) in [6, 6.07) is -0.791. The minimum absolute atomic E-state index is 0.0150. The summed E-state index contributed by atoms with van der Waals surface area (Å²) in [6.07, 6.45) is 61.0. The number of hydrogen-bond donors (Lipinski definition) is 2. The van der Waals surface area contributed by atoms with E-state index in [2.05, 4.69) is 19.2 Å². The second kappa shape index (κ2) is 50.4. The van der Waals surface area contributed by atoms with E-state index in [-0.39, 0.29) is 19.1 Å². The minimum Gasteiger partial charge on any atom is -0.756 e. The van der Waals surface area contributed by atoms with Gasteiger partial charge in [0, 0.05) is 6.42 Å². The van der Waals surface area contributed by atoms with Crippen LogP contribution in [0, 0.1) is 0 Å². The van der Waals surface area contributed by atoms with Crippen molar-refractivity contribution in [3.05, 3.63) is 0 Å². The third-order valence-corrected chi connectivity index (χ3v) is 15.1. The zero-order valence-corrected chi connectivity index (χ0v) is 46.8. The summed E-state index contributed by atoms with van der Waals surface area (Å²) in [5.41, 5.74) is 0. The van der Waals surface area contributed by atoms with Crippen LogP contribution in [0.15, 0.2) is 0 Å². The lowest BCUT2D eigenvalue weighted by atomic mass is 10.0. The number of hydrogen-bond acceptors (Lipinski definition) is 6. The molecule has 0 aromatic rings. The number of aliphatic hydroxyl groups excluding tert-OH is 1. The van der Waals surface area contributed by atoms with E-state index in [9.17, 15) is 19.4 Å². The number of unbranched alkanes of at least 4 members (excludes halogenated alkanes) is 43. The number of carbonyl (C=O) groups excluding carboxylic acids is 1. The second-order valence-corrected chi connectivity index (χ2v) is 23.5. The molecule has 0 bridgehead atoms. The molecule has 1 amide bonds. The van der Waals surface area contributed by atoms with E-state index >= 15 is 0 Å². The molecule has 0 saturated heterocycles. The number of phosphoric ester groups is 1. The molecular weight excluding hydrogens is 852 g/mol. The van der Waals surface area contributed by atoms with Gasteiger partial charge in [-0.3, -0.25) is 9.36 Å². The number of rotatable bonds is 56. The maximum absolute atomic E-state index is 12.8. The van der Waals surface area contributed by atoms with E-state index < -0.39 is 20.0 Å². The largest absolute Gasteiger partial charge is 0.756 e. The van der Waals surface area contributed by atoms with Crippen LogP contribution in [0.5, 0.6) is 0 Å². The molecule has 0 fully saturated rings. The van der Waals surface area contributed by atoms with E-state index in [0.717, 1.165) is 51.4 Å². The Hall–Kier alpha value is -0.500. The van der Waals surface area contributed by atoms with Crippen LogP contribution < -0.4 is 10.2 Å². The molecule has 67 heavy (non-hydrogen) atoms. The third-order valence-electron chi connectivity index (χ3n) is 14.1. The predicted octanol–water partition coefficient (Wildman–Crippen LogP) is 17.4. The Morgan fingerprint density at radius 3 is 1.01 bits per heavy atom. The van der Waals surface area contributed by atoms with E-state index in [4.69, 9.17) is 9.05 Å². The van der Waals surface area contributed by atoms with E-state index in [0.29, 0.717) is 23.9 Å². The van der Waals surface area contributed by atoms with Crippen molar-refractivity contribution in [1.82, 2.24) is 5.32 Å². The van der Waals surface area contributed by atoms with Gasteiger partial charge in [0.2, 0.25) is 5.91 Å². The third kappa shape index (κ3) is 53.1. The Labute approximate surface area is 419 Å². The molecule has 8 nitrogen and oxygen atoms in total. The number of phosphoric acid groups is 1. The Morgan fingerprint density at radius 2 is 0.731 bits per heavy atom. The molecule has 0 radical (unpaired) electrons. The van der Waals surface area contributed by atoms with Crippen molar-refractivity contribution in [3.8, 4) is 0 Å². The summed E-state index contributed by atoms with van der Waals surface area (Å²) in [5.74, 6) is -0.165. The van der Waals surface area contributed by atoms with Crippen LogP contribution in [0.2, 0.25) is 0 Å². The highest BCUT2D eigenvalue weighted by atomic mass is 31.2. The van der Waals surface area contributed by atoms with E-state index in [1.165, 1.54) is 238 Å². The van der Waals surface area contributed by atoms with Crippen LogP contribution in [0.1, 0.15) is 316 Å². The monoisotopic (exact) mass is 971 g/mol. The zero-order valence-electron chi connectivity index (χ0n) is 45.9. The molecule has 3 atom stereocenters. The molecule has 3 unspecified atom stereocenters. The molecule has 0 aromatic heterocycles. The Kier molecular flexibility index (Phi) is 50.1. The maximum Gasteiger partial charge on any atom is 0.268 e. The number of amides is 1. The van der Waals surface area contributed by atoms with Crippen molar-refractivity contribution in [2.75, 3.05) is 40.9 Å². The molecule has 402 valence electrons. The van der Waals surface area contributed by atoms with Crippen LogP contribution in [-0.4, -0.2) is 68.5 Å². The van der Waals surface area contributed by atoms with Crippen LogP contribution in [0.3, 0.4) is 0 Å². The van der Waals surface area contributed by atoms with Crippen LogP contribution in [0.25, 0.3) is 0 Å². The number of nitrogens with one attached hydrogen (secondary N) is 1. The number of nitrogens with zero attached hydrogens (tertiary/aromatic N) is 1. The summed E-state index contributed by atoms with van der Waals surface area (Å²) in [6.45, 7) is 4.66. The SMILES string of the molecule is CCCCCCCCCCCCCCCCCCCCCCCCCCCCCCCCCCCCCCCCCCC(=O)NC(COP(=O)([O-])OCC[N+](C)(C)C)C(O)CCCCCCC. The van der Waals surface area contributed by atoms with Gasteiger partial charge >= 0.3 is 0 Å². The van der Waals surface area contributed by atoms with Gasteiger partial charge in [-0.1, -0.05) is 296 Å². The summed E-state index contributed by atoms with van der Waals surface area (Å²) in [4.78, 5) is 25.2. The van der Waals surface area contributed by atoms with Gasteiger partial charge in [-0.05, 0) is 12.8 Å². The lowest BCUT2D eigenvalue weighted by Gasteiger charge is -2.30. The van der Waals surface area contributed by atoms with Gasteiger partial charge in [0.05, 0.1) is 39.9 Å². The number of quaternary nitrogens is 1. The fourth-order valence-corrected chi connectivity index (χ4v) is 10.1. The van der Waals surface area contributed by atoms with Gasteiger partial charge < -0.3 is 28.8 Å². The van der Waals surface area contributed by atoms with Gasteiger partial charge in [0.1, 0.15) is 13.2 Å². The first-order valence-electron chi connectivity index (χ1n) is 29.9. The molecule has 0 aliphatic heterocycles. The molecule has 0 saturated carbocycles. The van der Waals surface area contributed by atoms with E-state index in [1.54, 1.807) is 0 Å². The van der Waals surface area contributed by atoms with Gasteiger partial charge in [0.25, 0.3) is 7.82 Å². The quantitative estimate of drug-likeness (QED) is 0.0357. The Balaban J connectivity index is 3.59. The highest BCUT2D eigenvalue weighted by Gasteiger charge is 2.24. The van der Waals surface area contributed by atoms with Crippen LogP contribution >= 0.6 is 7.82 Å². The van der Waals surface area contributed by atoms with Crippen molar-refractivity contribution in [1.29, 1.82) is 0 Å². The minimum atomic E-state index is -4.55. The molecule has 0 heterocycles. The van der Waals surface area contributed by atoms with Gasteiger partial charge in [-0.25, -0.2) is 0 Å². The van der Waals surface area contributed by atoms with Crippen molar-refractivity contribution < 1.29 is 32.9 Å². The first kappa shape index (κ1) is 66.5. The predicted molar refractivity (Wildman–Crippen MR) is 289 cm³/mol. The summed E-state index contributed by atoms with van der Waals surface area (Å²) in [5, 5.41) is 13.7. The van der Waals surface area contributed by atoms with Crippen molar-refractivity contribution in [3.63, 3.8) is 0 Å². The zero-order chi connectivity index (χ0) is 49.2. The Bertz CT molecular complexity index is 1060. The smallest absolute Gasteiger partial charge is 0.268 e. The molecule has 0 aromatic carbocycles. The molecule has 0 aliphatic carbocycles. The van der Waals surface area contributed by atoms with Crippen LogP contribution in [0.4, 0.5) is 0 Å². The van der Waals surface area contributed by atoms with Crippen molar-refractivity contribution >= 4 is 13.7 Å². The van der Waals surface area contributed by atoms with Crippen molar-refractivity contribution in [2.45, 2.75) is 328 Å². The molecule has 0 rings (SSSR count). The van der Waals surface area contributed by atoms with E-state index in [1.807, 2.05) is 21.1 Å². The normalized spacial score (nSPS) is 13.8. The molecule has 2 N–H and O–H groups in total.